The summed E-state index contributed by atoms with van der Waals surface area (Å²) in [5.74, 6) is 0.974. The van der Waals surface area contributed by atoms with Gasteiger partial charge < -0.3 is 10.3 Å². The first-order chi connectivity index (χ1) is 11.9. The van der Waals surface area contributed by atoms with Crippen molar-refractivity contribution in [2.75, 3.05) is 0 Å². The molecule has 1 unspecified atom stereocenters. The number of imidazole rings is 1. The van der Waals surface area contributed by atoms with Gasteiger partial charge in [0, 0.05) is 0 Å². The molecule has 3 rings (SSSR count). The van der Waals surface area contributed by atoms with Gasteiger partial charge in [-0.3, -0.25) is 4.79 Å². The molecule has 0 fully saturated rings. The van der Waals surface area contributed by atoms with E-state index in [4.69, 9.17) is 0 Å². The predicted molar refractivity (Wildman–Crippen MR) is 99.9 cm³/mol. The van der Waals surface area contributed by atoms with Crippen LogP contribution in [0.4, 0.5) is 0 Å². The Morgan fingerprint density at radius 3 is 2.68 bits per heavy atom. The van der Waals surface area contributed by atoms with E-state index in [2.05, 4.69) is 44.8 Å². The van der Waals surface area contributed by atoms with E-state index in [1.165, 1.54) is 5.56 Å². The molecule has 0 bridgehead atoms. The average molecular weight is 357 g/mol. The van der Waals surface area contributed by atoms with Crippen molar-refractivity contribution in [3.63, 3.8) is 0 Å². The number of carbonyl (C=O) groups is 1. The van der Waals surface area contributed by atoms with Gasteiger partial charge in [0.25, 0.3) is 5.91 Å². The van der Waals surface area contributed by atoms with Gasteiger partial charge in [-0.2, -0.15) is 0 Å². The zero-order chi connectivity index (χ0) is 18.1. The van der Waals surface area contributed by atoms with Crippen LogP contribution in [0.25, 0.3) is 11.0 Å². The molecule has 1 atom stereocenters. The molecule has 0 aliphatic carbocycles. The Bertz CT molecular complexity index is 896. The van der Waals surface area contributed by atoms with Crippen molar-refractivity contribution >= 4 is 28.5 Å². The largest absolute Gasteiger partial charge is 0.341 e. The second-order valence-electron chi connectivity index (χ2n) is 6.98. The topological polar surface area (TPSA) is 83.6 Å². The fraction of sp³-hybridized carbons (Fsp3) is 0.444. The molecule has 2 aromatic heterocycles. The van der Waals surface area contributed by atoms with Gasteiger partial charge in [-0.05, 0) is 48.0 Å². The van der Waals surface area contributed by atoms with E-state index in [0.717, 1.165) is 34.1 Å². The Morgan fingerprint density at radius 2 is 2.00 bits per heavy atom. The van der Waals surface area contributed by atoms with Crippen LogP contribution < -0.4 is 5.32 Å². The molecule has 25 heavy (non-hydrogen) atoms. The van der Waals surface area contributed by atoms with Crippen molar-refractivity contribution in [3.8, 4) is 0 Å². The number of hydrogen-bond donors (Lipinski definition) is 2. The third kappa shape index (κ3) is 3.56. The molecule has 7 heteroatoms. The molecule has 2 heterocycles. The van der Waals surface area contributed by atoms with Gasteiger partial charge in [-0.25, -0.2) is 4.98 Å². The molecule has 1 amide bonds. The van der Waals surface area contributed by atoms with Gasteiger partial charge in [-0.1, -0.05) is 38.2 Å². The molecule has 132 valence electrons. The monoisotopic (exact) mass is 357 g/mol. The van der Waals surface area contributed by atoms with Crippen LogP contribution in [0.15, 0.2) is 18.2 Å². The van der Waals surface area contributed by atoms with Gasteiger partial charge in [0.15, 0.2) is 0 Å². The standard InChI is InChI=1S/C18H23N5OS/c1-9(2)14-16(25-23-22-14)18(24)21-15(10(3)4)17-19-12-7-6-11(5)8-13(12)20-17/h6-10,15H,1-5H3,(H,19,20)(H,21,24). The molecule has 0 saturated carbocycles. The van der Waals surface area contributed by atoms with E-state index in [0.29, 0.717) is 4.88 Å². The van der Waals surface area contributed by atoms with Crippen molar-refractivity contribution in [2.24, 2.45) is 5.92 Å². The summed E-state index contributed by atoms with van der Waals surface area (Å²) in [4.78, 5) is 21.4. The van der Waals surface area contributed by atoms with Crippen LogP contribution in [0, 0.1) is 12.8 Å². The number of nitrogens with zero attached hydrogens (tertiary/aromatic N) is 3. The van der Waals surface area contributed by atoms with Gasteiger partial charge in [-0.15, -0.1) is 5.10 Å². The quantitative estimate of drug-likeness (QED) is 0.723. The first-order valence-electron chi connectivity index (χ1n) is 8.46. The highest BCUT2D eigenvalue weighted by Crippen LogP contribution is 2.25. The molecule has 0 aliphatic heterocycles. The van der Waals surface area contributed by atoms with Crippen molar-refractivity contribution in [1.82, 2.24) is 24.9 Å². The fourth-order valence-corrected chi connectivity index (χ4v) is 3.50. The van der Waals surface area contributed by atoms with Crippen LogP contribution in [0.3, 0.4) is 0 Å². The number of aromatic nitrogens is 4. The molecular weight excluding hydrogens is 334 g/mol. The van der Waals surface area contributed by atoms with Gasteiger partial charge in [0.1, 0.15) is 10.7 Å². The van der Waals surface area contributed by atoms with Crippen molar-refractivity contribution in [3.05, 3.63) is 40.2 Å². The predicted octanol–water partition coefficient (Wildman–Crippen LogP) is 3.97. The summed E-state index contributed by atoms with van der Waals surface area (Å²) in [6.45, 7) is 10.2. The summed E-state index contributed by atoms with van der Waals surface area (Å²) in [7, 11) is 0. The SMILES string of the molecule is Cc1ccc2nc(C(NC(=O)c3snnc3C(C)C)C(C)C)[nH]c2c1. The minimum Gasteiger partial charge on any atom is -0.341 e. The molecular formula is C18H23N5OS. The summed E-state index contributed by atoms with van der Waals surface area (Å²) in [5, 5.41) is 7.19. The van der Waals surface area contributed by atoms with Crippen LogP contribution >= 0.6 is 11.5 Å². The van der Waals surface area contributed by atoms with Crippen molar-refractivity contribution in [2.45, 2.75) is 46.6 Å². The summed E-state index contributed by atoms with van der Waals surface area (Å²) in [5.41, 5.74) is 3.80. The Hall–Kier alpha value is -2.28. The maximum atomic E-state index is 12.8. The first kappa shape index (κ1) is 17.5. The highest BCUT2D eigenvalue weighted by molar-refractivity contribution is 7.08. The lowest BCUT2D eigenvalue weighted by atomic mass is 10.0. The molecule has 0 radical (unpaired) electrons. The molecule has 0 aliphatic rings. The first-order valence-corrected chi connectivity index (χ1v) is 9.23. The molecule has 3 aromatic rings. The Labute approximate surface area is 151 Å². The molecule has 0 spiro atoms. The highest BCUT2D eigenvalue weighted by Gasteiger charge is 2.26. The number of aromatic amines is 1. The lowest BCUT2D eigenvalue weighted by molar-refractivity contribution is 0.0926. The molecule has 0 saturated heterocycles. The summed E-state index contributed by atoms with van der Waals surface area (Å²) in [6.07, 6.45) is 0. The lowest BCUT2D eigenvalue weighted by Crippen LogP contribution is -2.32. The number of amides is 1. The maximum absolute atomic E-state index is 12.8. The molecule has 1 aromatic carbocycles. The number of H-pyrrole nitrogens is 1. The van der Waals surface area contributed by atoms with E-state index >= 15 is 0 Å². The van der Waals surface area contributed by atoms with Gasteiger partial charge in [0.05, 0.1) is 22.8 Å². The number of fused-ring (bicyclic) bond motifs is 1. The number of aryl methyl sites for hydroxylation is 1. The number of carbonyl (C=O) groups excluding carboxylic acids is 1. The van der Waals surface area contributed by atoms with Crippen LogP contribution in [0.5, 0.6) is 0 Å². The molecule has 6 nitrogen and oxygen atoms in total. The lowest BCUT2D eigenvalue weighted by Gasteiger charge is -2.20. The average Bonchev–Trinajstić information content (AvgIpc) is 3.18. The van der Waals surface area contributed by atoms with Gasteiger partial charge in [0.2, 0.25) is 0 Å². The second kappa shape index (κ2) is 6.92. The number of hydrogen-bond acceptors (Lipinski definition) is 5. The summed E-state index contributed by atoms with van der Waals surface area (Å²) < 4.78 is 3.94. The van der Waals surface area contributed by atoms with Crippen LogP contribution in [-0.4, -0.2) is 25.5 Å². The highest BCUT2D eigenvalue weighted by atomic mass is 32.1. The van der Waals surface area contributed by atoms with E-state index < -0.39 is 0 Å². The minimum absolute atomic E-state index is 0.144. The minimum atomic E-state index is -0.206. The Morgan fingerprint density at radius 1 is 1.24 bits per heavy atom. The third-order valence-electron chi connectivity index (χ3n) is 4.17. The van der Waals surface area contributed by atoms with Crippen LogP contribution in [0.1, 0.15) is 66.4 Å². The fourth-order valence-electron chi connectivity index (χ4n) is 2.78. The molecule has 2 N–H and O–H groups in total. The zero-order valence-corrected chi connectivity index (χ0v) is 15.9. The second-order valence-corrected chi connectivity index (χ2v) is 7.73. The zero-order valence-electron chi connectivity index (χ0n) is 15.1. The normalized spacial score (nSPS) is 12.9. The Kier molecular flexibility index (Phi) is 4.85. The third-order valence-corrected chi connectivity index (χ3v) is 4.91. The smallest absolute Gasteiger partial charge is 0.265 e. The van der Waals surface area contributed by atoms with Crippen LogP contribution in [0.2, 0.25) is 0 Å². The number of rotatable bonds is 5. The van der Waals surface area contributed by atoms with E-state index in [1.54, 1.807) is 0 Å². The van der Waals surface area contributed by atoms with Gasteiger partial charge >= 0.3 is 0 Å². The van der Waals surface area contributed by atoms with Crippen molar-refractivity contribution in [1.29, 1.82) is 0 Å². The van der Waals surface area contributed by atoms with E-state index in [-0.39, 0.29) is 23.8 Å². The van der Waals surface area contributed by atoms with Crippen molar-refractivity contribution < 1.29 is 4.79 Å². The number of benzene rings is 1. The van der Waals surface area contributed by atoms with E-state index in [1.807, 2.05) is 32.9 Å². The van der Waals surface area contributed by atoms with Crippen LogP contribution in [-0.2, 0) is 0 Å². The maximum Gasteiger partial charge on any atom is 0.265 e. The summed E-state index contributed by atoms with van der Waals surface area (Å²) >= 11 is 1.14. The summed E-state index contributed by atoms with van der Waals surface area (Å²) in [6, 6.07) is 5.89. The Balaban J connectivity index is 1.90. The number of nitrogens with one attached hydrogen (secondary N) is 2. The van der Waals surface area contributed by atoms with E-state index in [9.17, 15) is 4.79 Å².